The minimum absolute atomic E-state index is 0.00557. The smallest absolute Gasteiger partial charge is 0.384 e. The molecular formula is C33H35F3N4O4. The fraction of sp³-hybridized carbons (Fsp3) is 0.394. The number of Topliss-reactive ketones (excluding diaryl/α,β-unsaturated/α-hetero) is 1. The lowest BCUT2D eigenvalue weighted by atomic mass is 9.79. The number of nitrogens with zero attached hydrogens (tertiary/aromatic N) is 2. The molecule has 0 spiro atoms. The van der Waals surface area contributed by atoms with Crippen LogP contribution in [0.2, 0.25) is 0 Å². The van der Waals surface area contributed by atoms with Crippen LogP contribution in [0.5, 0.6) is 0 Å². The van der Waals surface area contributed by atoms with Crippen LogP contribution in [-0.4, -0.2) is 64.3 Å². The first-order chi connectivity index (χ1) is 20.9. The van der Waals surface area contributed by atoms with Crippen LogP contribution in [0.3, 0.4) is 0 Å². The van der Waals surface area contributed by atoms with E-state index in [0.29, 0.717) is 37.2 Å². The number of benzene rings is 2. The number of alkyl halides is 3. The van der Waals surface area contributed by atoms with Crippen molar-refractivity contribution in [3.63, 3.8) is 0 Å². The van der Waals surface area contributed by atoms with E-state index in [4.69, 9.17) is 0 Å². The van der Waals surface area contributed by atoms with Crippen molar-refractivity contribution in [2.75, 3.05) is 19.6 Å². The summed E-state index contributed by atoms with van der Waals surface area (Å²) in [5.74, 6) is -1.04. The summed E-state index contributed by atoms with van der Waals surface area (Å²) >= 11 is 0. The highest BCUT2D eigenvalue weighted by Crippen LogP contribution is 2.37. The lowest BCUT2D eigenvalue weighted by molar-refractivity contribution is -0.137. The summed E-state index contributed by atoms with van der Waals surface area (Å²) in [5.41, 5.74) is 0.891. The third-order valence-electron chi connectivity index (χ3n) is 8.52. The molecule has 3 aromatic rings. The molecule has 232 valence electrons. The Morgan fingerprint density at radius 3 is 2.36 bits per heavy atom. The van der Waals surface area contributed by atoms with Crippen molar-refractivity contribution in [1.29, 1.82) is 0 Å². The van der Waals surface area contributed by atoms with Crippen molar-refractivity contribution in [3.8, 4) is 11.1 Å². The van der Waals surface area contributed by atoms with E-state index >= 15 is 0 Å². The van der Waals surface area contributed by atoms with Gasteiger partial charge < -0.3 is 20.6 Å². The van der Waals surface area contributed by atoms with Crippen LogP contribution < -0.4 is 10.6 Å². The highest BCUT2D eigenvalue weighted by Gasteiger charge is 2.37. The molecular weight excluding hydrogens is 573 g/mol. The first-order valence-electron chi connectivity index (χ1n) is 14.7. The maximum Gasteiger partial charge on any atom is 0.416 e. The van der Waals surface area contributed by atoms with E-state index in [9.17, 15) is 32.7 Å². The number of nitrogens with one attached hydrogen (secondary N) is 2. The number of aromatic nitrogens is 1. The summed E-state index contributed by atoms with van der Waals surface area (Å²) in [6, 6.07) is 15.4. The third kappa shape index (κ3) is 7.34. The van der Waals surface area contributed by atoms with Crippen LogP contribution in [0.15, 0.2) is 66.9 Å². The summed E-state index contributed by atoms with van der Waals surface area (Å²) in [6.07, 6.45) is 0.442. The number of rotatable bonds is 8. The molecule has 3 N–H and O–H groups in total. The van der Waals surface area contributed by atoms with Crippen LogP contribution in [0, 0.1) is 0 Å². The number of hydrogen-bond acceptors (Lipinski definition) is 6. The average molecular weight is 609 g/mol. The van der Waals surface area contributed by atoms with Gasteiger partial charge in [-0.3, -0.25) is 19.4 Å². The van der Waals surface area contributed by atoms with Gasteiger partial charge in [0.05, 0.1) is 17.8 Å². The molecule has 8 nitrogen and oxygen atoms in total. The van der Waals surface area contributed by atoms with Gasteiger partial charge in [-0.1, -0.05) is 30.3 Å². The lowest BCUT2D eigenvalue weighted by Gasteiger charge is -2.37. The zero-order valence-electron chi connectivity index (χ0n) is 24.4. The molecule has 1 saturated carbocycles. The number of carbonyl (C=O) groups is 3. The topological polar surface area (TPSA) is 112 Å². The third-order valence-corrected chi connectivity index (χ3v) is 8.52. The van der Waals surface area contributed by atoms with Crippen LogP contribution in [0.4, 0.5) is 13.2 Å². The Morgan fingerprint density at radius 2 is 1.68 bits per heavy atom. The first kappa shape index (κ1) is 31.3. The molecule has 2 aliphatic rings. The molecule has 2 heterocycles. The van der Waals surface area contributed by atoms with Crippen LogP contribution >= 0.6 is 0 Å². The summed E-state index contributed by atoms with van der Waals surface area (Å²) in [7, 11) is 0. The summed E-state index contributed by atoms with van der Waals surface area (Å²) in [6.45, 7) is 2.21. The summed E-state index contributed by atoms with van der Waals surface area (Å²) in [5, 5.41) is 17.4. The van der Waals surface area contributed by atoms with Crippen molar-refractivity contribution in [2.24, 2.45) is 0 Å². The number of pyridine rings is 1. The highest BCUT2D eigenvalue weighted by atomic mass is 19.4. The molecule has 1 aliphatic heterocycles. The minimum Gasteiger partial charge on any atom is -0.384 e. The van der Waals surface area contributed by atoms with E-state index in [-0.39, 0.29) is 35.9 Å². The van der Waals surface area contributed by atoms with Crippen LogP contribution in [0.25, 0.3) is 11.1 Å². The van der Waals surface area contributed by atoms with Gasteiger partial charge in [0.2, 0.25) is 5.91 Å². The van der Waals surface area contributed by atoms with Gasteiger partial charge in [-0.25, -0.2) is 0 Å². The Kier molecular flexibility index (Phi) is 9.17. The van der Waals surface area contributed by atoms with Gasteiger partial charge in [0.25, 0.3) is 5.91 Å². The molecule has 1 aliphatic carbocycles. The van der Waals surface area contributed by atoms with E-state index in [1.165, 1.54) is 13.0 Å². The molecule has 1 atom stereocenters. The number of hydrogen-bond donors (Lipinski definition) is 3. The molecule has 5 rings (SSSR count). The molecule has 11 heteroatoms. The maximum absolute atomic E-state index is 12.9. The van der Waals surface area contributed by atoms with Gasteiger partial charge in [0, 0.05) is 48.1 Å². The molecule has 0 unspecified atom stereocenters. The number of likely N-dealkylation sites (tertiary alicyclic amines) is 1. The Labute approximate surface area is 253 Å². The zero-order valence-corrected chi connectivity index (χ0v) is 24.4. The van der Waals surface area contributed by atoms with Crippen molar-refractivity contribution < 1.29 is 32.7 Å². The second-order valence-electron chi connectivity index (χ2n) is 11.6. The predicted octanol–water partition coefficient (Wildman–Crippen LogP) is 4.72. The monoisotopic (exact) mass is 608 g/mol. The molecule has 2 fully saturated rings. The van der Waals surface area contributed by atoms with E-state index in [0.717, 1.165) is 48.6 Å². The standard InChI is InChI=1S/C33H35F3N4O4/c1-21(41)22-4-2-5-23(16-22)25-8-9-29(37-18-25)32(44)13-10-27(11-14-32)39-28-12-15-40(20-28)30(42)19-38-31(43)24-6-3-7-26(17-24)33(34,35)36/h2-9,16-18,27-28,39,44H,10-15,19-20H2,1H3,(H,38,43)/t27?,28-,32?/m0/s1. The largest absolute Gasteiger partial charge is 0.416 e. The van der Waals surface area contributed by atoms with E-state index < -0.39 is 23.2 Å². The number of halogens is 3. The Morgan fingerprint density at radius 1 is 0.955 bits per heavy atom. The molecule has 1 aromatic heterocycles. The van der Waals surface area contributed by atoms with Crippen molar-refractivity contribution in [1.82, 2.24) is 20.5 Å². The van der Waals surface area contributed by atoms with Crippen molar-refractivity contribution in [3.05, 3.63) is 89.2 Å². The zero-order chi connectivity index (χ0) is 31.5. The average Bonchev–Trinajstić information content (AvgIpc) is 3.49. The van der Waals surface area contributed by atoms with Gasteiger partial charge >= 0.3 is 6.18 Å². The second-order valence-corrected chi connectivity index (χ2v) is 11.6. The summed E-state index contributed by atoms with van der Waals surface area (Å²) in [4.78, 5) is 43.0. The van der Waals surface area contributed by atoms with Crippen LogP contribution in [-0.2, 0) is 16.6 Å². The number of carbonyl (C=O) groups excluding carboxylic acids is 3. The van der Waals surface area contributed by atoms with Gasteiger partial charge in [0.15, 0.2) is 5.78 Å². The fourth-order valence-electron chi connectivity index (χ4n) is 5.94. The maximum atomic E-state index is 12.9. The van der Waals surface area contributed by atoms with Crippen molar-refractivity contribution in [2.45, 2.75) is 62.9 Å². The quantitative estimate of drug-likeness (QED) is 0.319. The normalized spacial score (nSPS) is 22.1. The Hall–Kier alpha value is -4.09. The Bertz CT molecular complexity index is 1520. The van der Waals surface area contributed by atoms with E-state index in [1.54, 1.807) is 17.2 Å². The molecule has 2 aromatic carbocycles. The van der Waals surface area contributed by atoms with Gasteiger partial charge in [0.1, 0.15) is 5.60 Å². The first-order valence-corrected chi connectivity index (χ1v) is 14.7. The van der Waals surface area contributed by atoms with E-state index in [1.807, 2.05) is 30.3 Å². The van der Waals surface area contributed by atoms with Crippen LogP contribution in [0.1, 0.15) is 71.0 Å². The Balaban J connectivity index is 1.08. The minimum atomic E-state index is -4.56. The second kappa shape index (κ2) is 12.9. The number of ketones is 1. The van der Waals surface area contributed by atoms with Gasteiger partial charge in [-0.15, -0.1) is 0 Å². The van der Waals surface area contributed by atoms with Gasteiger partial charge in [-0.2, -0.15) is 13.2 Å². The molecule has 2 amide bonds. The SMILES string of the molecule is CC(=O)c1cccc(-c2ccc(C3(O)CCC(N[C@H]4CCN(C(=O)CNC(=O)c5cccc(C(F)(F)F)c5)C4)CC3)nc2)c1. The number of amides is 2. The number of aliphatic hydroxyl groups is 1. The summed E-state index contributed by atoms with van der Waals surface area (Å²) < 4.78 is 38.8. The van der Waals surface area contributed by atoms with Gasteiger partial charge in [-0.05, 0) is 74.9 Å². The highest BCUT2D eigenvalue weighted by molar-refractivity contribution is 5.96. The molecule has 0 bridgehead atoms. The molecule has 0 radical (unpaired) electrons. The molecule has 1 saturated heterocycles. The van der Waals surface area contributed by atoms with Crippen molar-refractivity contribution >= 4 is 17.6 Å². The predicted molar refractivity (Wildman–Crippen MR) is 158 cm³/mol. The fourth-order valence-corrected chi connectivity index (χ4v) is 5.94. The lowest BCUT2D eigenvalue weighted by Crippen LogP contribution is -2.46. The van der Waals surface area contributed by atoms with E-state index in [2.05, 4.69) is 15.6 Å². The molecule has 44 heavy (non-hydrogen) atoms.